The predicted octanol–water partition coefficient (Wildman–Crippen LogP) is 6.19. The summed E-state index contributed by atoms with van der Waals surface area (Å²) in [4.78, 5) is 0. The van der Waals surface area contributed by atoms with Crippen LogP contribution >= 0.6 is 0 Å². The van der Waals surface area contributed by atoms with E-state index in [1.165, 1.54) is 22.1 Å². The van der Waals surface area contributed by atoms with Crippen LogP contribution in [0.5, 0.6) is 11.5 Å². The number of methoxy groups -OCH3 is 1. The maximum atomic E-state index is 6.40. The van der Waals surface area contributed by atoms with Crippen LogP contribution in [0.25, 0.3) is 21.9 Å². The van der Waals surface area contributed by atoms with Gasteiger partial charge >= 0.3 is 0 Å². The molecule has 0 fully saturated rings. The Morgan fingerprint density at radius 2 is 1.59 bits per heavy atom. The Labute approximate surface area is 159 Å². The van der Waals surface area contributed by atoms with Gasteiger partial charge in [0, 0.05) is 17.4 Å². The summed E-state index contributed by atoms with van der Waals surface area (Å²) in [6, 6.07) is 29.3. The van der Waals surface area contributed by atoms with Gasteiger partial charge in [0.05, 0.1) is 7.11 Å². The van der Waals surface area contributed by atoms with Crippen molar-refractivity contribution in [2.75, 3.05) is 7.11 Å². The van der Waals surface area contributed by atoms with Crippen molar-refractivity contribution in [2.24, 2.45) is 0 Å². The van der Waals surface area contributed by atoms with Gasteiger partial charge in [0.25, 0.3) is 0 Å². The Bertz CT molecular complexity index is 1100. The summed E-state index contributed by atoms with van der Waals surface area (Å²) in [5, 5.41) is 2.37. The zero-order chi connectivity index (χ0) is 18.2. The summed E-state index contributed by atoms with van der Waals surface area (Å²) in [6.45, 7) is 0. The quantitative estimate of drug-likeness (QED) is 0.437. The molecule has 0 saturated carbocycles. The lowest BCUT2D eigenvalue weighted by molar-refractivity contribution is 0.239. The van der Waals surface area contributed by atoms with E-state index in [-0.39, 0.29) is 6.10 Å². The number of hydrogen-bond acceptors (Lipinski definition) is 2. The molecule has 0 radical (unpaired) electrons. The third-order valence-electron chi connectivity index (χ3n) is 5.33. The molecule has 0 amide bonds. The molecule has 1 heterocycles. The first-order chi connectivity index (χ1) is 13.3. The van der Waals surface area contributed by atoms with Crippen LogP contribution in [0.2, 0.25) is 0 Å². The summed E-state index contributed by atoms with van der Waals surface area (Å²) in [5.74, 6) is 1.88. The average Bonchev–Trinajstić information content (AvgIpc) is 3.18. The number of ether oxygens (including phenoxy) is 2. The van der Waals surface area contributed by atoms with Gasteiger partial charge in [-0.3, -0.25) is 0 Å². The molecule has 0 spiro atoms. The molecule has 0 aliphatic carbocycles. The largest absolute Gasteiger partial charge is 0.496 e. The van der Waals surface area contributed by atoms with Crippen molar-refractivity contribution in [1.82, 2.24) is 0 Å². The fourth-order valence-corrected chi connectivity index (χ4v) is 4.05. The van der Waals surface area contributed by atoms with E-state index in [0.717, 1.165) is 28.9 Å². The summed E-state index contributed by atoms with van der Waals surface area (Å²) in [7, 11) is 1.74. The molecule has 0 saturated heterocycles. The van der Waals surface area contributed by atoms with Crippen molar-refractivity contribution in [3.05, 3.63) is 96.1 Å². The normalized spacial score (nSPS) is 15.4. The summed E-state index contributed by atoms with van der Waals surface area (Å²) in [5.41, 5.74) is 4.79. The molecule has 2 heteroatoms. The van der Waals surface area contributed by atoms with Gasteiger partial charge in [0.2, 0.25) is 0 Å². The highest BCUT2D eigenvalue weighted by atomic mass is 16.5. The lowest BCUT2D eigenvalue weighted by atomic mass is 9.92. The van der Waals surface area contributed by atoms with Crippen molar-refractivity contribution in [3.8, 4) is 22.6 Å². The monoisotopic (exact) mass is 352 g/mol. The predicted molar refractivity (Wildman–Crippen MR) is 109 cm³/mol. The van der Waals surface area contributed by atoms with E-state index in [4.69, 9.17) is 9.47 Å². The Morgan fingerprint density at radius 3 is 2.33 bits per heavy atom. The highest BCUT2D eigenvalue weighted by Crippen LogP contribution is 2.47. The van der Waals surface area contributed by atoms with Crippen molar-refractivity contribution >= 4 is 10.8 Å². The summed E-state index contributed by atoms with van der Waals surface area (Å²) >= 11 is 0. The van der Waals surface area contributed by atoms with Crippen LogP contribution in [0.4, 0.5) is 0 Å². The zero-order valence-corrected chi connectivity index (χ0v) is 15.2. The third-order valence-corrected chi connectivity index (χ3v) is 5.33. The standard InChI is InChI=1S/C25H20O2/c1-26-22-14-8-13-19-21-16-23(18-11-6-3-7-12-18)27-24(21)15-20(25(19)22)17-9-4-2-5-10-17/h2-15,23H,16H2,1H3. The SMILES string of the molecule is COc1cccc2c3c(cc(-c4ccccc4)c12)OC(c1ccccc1)C3. The van der Waals surface area contributed by atoms with E-state index in [1.807, 2.05) is 18.2 Å². The lowest BCUT2D eigenvalue weighted by Crippen LogP contribution is -2.02. The van der Waals surface area contributed by atoms with Crippen molar-refractivity contribution < 1.29 is 9.47 Å². The second-order valence-corrected chi connectivity index (χ2v) is 6.87. The smallest absolute Gasteiger partial charge is 0.128 e. The average molecular weight is 352 g/mol. The molecule has 27 heavy (non-hydrogen) atoms. The summed E-state index contributed by atoms with van der Waals surface area (Å²) < 4.78 is 12.1. The molecule has 1 aliphatic heterocycles. The maximum Gasteiger partial charge on any atom is 0.128 e. The van der Waals surface area contributed by atoms with Crippen LogP contribution < -0.4 is 9.47 Å². The highest BCUT2D eigenvalue weighted by molar-refractivity contribution is 6.04. The lowest BCUT2D eigenvalue weighted by Gasteiger charge is -2.14. The molecule has 0 N–H and O–H groups in total. The first kappa shape index (κ1) is 16.0. The van der Waals surface area contributed by atoms with Gasteiger partial charge in [-0.1, -0.05) is 72.8 Å². The molecule has 2 nitrogen and oxygen atoms in total. The molecule has 1 atom stereocenters. The molecule has 4 aromatic rings. The molecular weight excluding hydrogens is 332 g/mol. The van der Waals surface area contributed by atoms with E-state index in [2.05, 4.69) is 66.7 Å². The minimum absolute atomic E-state index is 0.0571. The van der Waals surface area contributed by atoms with Gasteiger partial charge in [-0.15, -0.1) is 0 Å². The zero-order valence-electron chi connectivity index (χ0n) is 15.2. The Balaban J connectivity index is 1.73. The van der Waals surface area contributed by atoms with Crippen LogP contribution in [-0.2, 0) is 6.42 Å². The van der Waals surface area contributed by atoms with Crippen molar-refractivity contribution in [3.63, 3.8) is 0 Å². The first-order valence-electron chi connectivity index (χ1n) is 9.25. The highest BCUT2D eigenvalue weighted by Gasteiger charge is 2.28. The molecule has 1 unspecified atom stereocenters. The van der Waals surface area contributed by atoms with Crippen LogP contribution in [0.15, 0.2) is 84.9 Å². The molecular formula is C25H20O2. The van der Waals surface area contributed by atoms with Crippen LogP contribution in [0.1, 0.15) is 17.2 Å². The summed E-state index contributed by atoms with van der Waals surface area (Å²) in [6.07, 6.45) is 0.930. The van der Waals surface area contributed by atoms with E-state index >= 15 is 0 Å². The minimum atomic E-state index is 0.0571. The fourth-order valence-electron chi connectivity index (χ4n) is 4.05. The molecule has 0 bridgehead atoms. The van der Waals surface area contributed by atoms with Gasteiger partial charge in [-0.05, 0) is 34.2 Å². The number of fused-ring (bicyclic) bond motifs is 3. The van der Waals surface area contributed by atoms with E-state index in [9.17, 15) is 0 Å². The Hall–Kier alpha value is -3.26. The van der Waals surface area contributed by atoms with Crippen LogP contribution in [0.3, 0.4) is 0 Å². The maximum absolute atomic E-state index is 6.40. The van der Waals surface area contributed by atoms with Gasteiger partial charge in [-0.25, -0.2) is 0 Å². The van der Waals surface area contributed by atoms with Gasteiger partial charge < -0.3 is 9.47 Å². The van der Waals surface area contributed by atoms with Gasteiger partial charge in [0.1, 0.15) is 17.6 Å². The molecule has 0 aromatic heterocycles. The van der Waals surface area contributed by atoms with Crippen molar-refractivity contribution in [1.29, 1.82) is 0 Å². The second-order valence-electron chi connectivity index (χ2n) is 6.87. The molecule has 1 aliphatic rings. The Morgan fingerprint density at radius 1 is 0.852 bits per heavy atom. The second kappa shape index (κ2) is 6.48. The number of hydrogen-bond donors (Lipinski definition) is 0. The molecule has 4 aromatic carbocycles. The van der Waals surface area contributed by atoms with E-state index < -0.39 is 0 Å². The Kier molecular flexibility index (Phi) is 3.83. The minimum Gasteiger partial charge on any atom is -0.496 e. The first-order valence-corrected chi connectivity index (χ1v) is 9.25. The van der Waals surface area contributed by atoms with Crippen LogP contribution in [0, 0.1) is 0 Å². The van der Waals surface area contributed by atoms with Gasteiger partial charge in [0.15, 0.2) is 0 Å². The number of rotatable bonds is 3. The van der Waals surface area contributed by atoms with Crippen molar-refractivity contribution in [2.45, 2.75) is 12.5 Å². The third kappa shape index (κ3) is 2.65. The van der Waals surface area contributed by atoms with E-state index in [0.29, 0.717) is 0 Å². The van der Waals surface area contributed by atoms with Crippen LogP contribution in [-0.4, -0.2) is 7.11 Å². The fraction of sp³-hybridized carbons (Fsp3) is 0.120. The number of benzene rings is 4. The molecule has 132 valence electrons. The molecule has 5 rings (SSSR count). The topological polar surface area (TPSA) is 18.5 Å². The van der Waals surface area contributed by atoms with Gasteiger partial charge in [-0.2, -0.15) is 0 Å². The van der Waals surface area contributed by atoms with E-state index in [1.54, 1.807) is 7.11 Å².